The molecule has 2 heterocycles. The van der Waals surface area contributed by atoms with E-state index in [0.29, 0.717) is 55.6 Å². The van der Waals surface area contributed by atoms with Crippen molar-refractivity contribution >= 4 is 5.91 Å². The average molecular weight is 420 g/mol. The van der Waals surface area contributed by atoms with Crippen molar-refractivity contribution in [2.24, 2.45) is 5.92 Å². The topological polar surface area (TPSA) is 79.0 Å². The van der Waals surface area contributed by atoms with Gasteiger partial charge in [-0.2, -0.15) is 0 Å². The first-order valence-electron chi connectivity index (χ1n) is 10.5. The van der Waals surface area contributed by atoms with Crippen LogP contribution in [0.1, 0.15) is 29.8 Å². The number of halogens is 1. The Bertz CT molecular complexity index is 1110. The number of hydrogen-bond donors (Lipinski definition) is 1. The largest absolute Gasteiger partial charge is 0.345 e. The van der Waals surface area contributed by atoms with Gasteiger partial charge in [-0.25, -0.2) is 9.37 Å². The Kier molecular flexibility index (Phi) is 6.21. The van der Waals surface area contributed by atoms with Crippen LogP contribution in [0.2, 0.25) is 0 Å². The van der Waals surface area contributed by atoms with Gasteiger partial charge in [0.1, 0.15) is 11.6 Å². The van der Waals surface area contributed by atoms with Gasteiger partial charge in [-0.1, -0.05) is 6.07 Å². The zero-order chi connectivity index (χ0) is 21.8. The number of rotatable bonds is 5. The Morgan fingerprint density at radius 1 is 1.16 bits per heavy atom. The molecular formula is C24H25FN4O2. The van der Waals surface area contributed by atoms with Crippen molar-refractivity contribution < 1.29 is 9.18 Å². The Hall–Kier alpha value is -3.35. The van der Waals surface area contributed by atoms with E-state index >= 15 is 0 Å². The second-order valence-corrected chi connectivity index (χ2v) is 7.95. The first-order valence-corrected chi connectivity index (χ1v) is 10.5. The highest BCUT2D eigenvalue weighted by molar-refractivity contribution is 5.78. The number of likely N-dealkylation sites (N-methyl/N-ethyl adjacent to an activating group) is 1. The predicted molar refractivity (Wildman–Crippen MR) is 116 cm³/mol. The number of aromatic nitrogens is 3. The third-order valence-electron chi connectivity index (χ3n) is 5.85. The number of pyridine rings is 1. The van der Waals surface area contributed by atoms with E-state index in [0.717, 1.165) is 11.4 Å². The van der Waals surface area contributed by atoms with Crippen LogP contribution in [0.4, 0.5) is 4.39 Å². The summed E-state index contributed by atoms with van der Waals surface area (Å²) < 4.78 is 13.2. The maximum Gasteiger partial charge on any atom is 0.254 e. The molecular weight excluding hydrogens is 395 g/mol. The summed E-state index contributed by atoms with van der Waals surface area (Å²) in [5.74, 6) is 0.0471. The molecule has 0 radical (unpaired) electrons. The number of aryl methyl sites for hydroxylation is 1. The molecule has 0 saturated heterocycles. The summed E-state index contributed by atoms with van der Waals surface area (Å²) in [5, 5.41) is 0. The van der Waals surface area contributed by atoms with Gasteiger partial charge in [0.25, 0.3) is 5.56 Å². The third-order valence-corrected chi connectivity index (χ3v) is 5.85. The van der Waals surface area contributed by atoms with Gasteiger partial charge in [0.15, 0.2) is 0 Å². The molecule has 7 heteroatoms. The zero-order valence-corrected chi connectivity index (χ0v) is 17.5. The number of nitrogens with zero attached hydrogens (tertiary/aromatic N) is 3. The van der Waals surface area contributed by atoms with Crippen molar-refractivity contribution in [3.05, 3.63) is 81.8 Å². The molecule has 1 atom stereocenters. The quantitative estimate of drug-likeness (QED) is 0.643. The second kappa shape index (κ2) is 9.20. The summed E-state index contributed by atoms with van der Waals surface area (Å²) in [4.78, 5) is 39.2. The molecule has 6 nitrogen and oxygen atoms in total. The molecule has 0 bridgehead atoms. The number of nitrogens with one attached hydrogen (secondary N) is 1. The van der Waals surface area contributed by atoms with Gasteiger partial charge in [-0.3, -0.25) is 14.6 Å². The zero-order valence-electron chi connectivity index (χ0n) is 17.5. The Balaban J connectivity index is 1.44. The van der Waals surface area contributed by atoms with E-state index in [1.165, 1.54) is 12.1 Å². The fraction of sp³-hybridized carbons (Fsp3) is 0.333. The molecule has 1 aromatic carbocycles. The number of fused-ring (bicyclic) bond motifs is 1. The molecule has 0 aliphatic heterocycles. The number of amides is 1. The first kappa shape index (κ1) is 20.9. The lowest BCUT2D eigenvalue weighted by Gasteiger charge is -2.22. The molecule has 3 aromatic rings. The van der Waals surface area contributed by atoms with Gasteiger partial charge in [0.2, 0.25) is 5.91 Å². The Labute approximate surface area is 180 Å². The standard InChI is InChI=1S/C24H25FN4O2/c1-29(15-13-19-4-2-3-14-26-19)24(31)17-7-11-20-21(12-8-17)27-22(28-23(20)30)16-5-9-18(25)10-6-16/h2-6,9-10,14,17H,7-8,11-13,15H2,1H3,(H,27,28,30). The molecule has 31 heavy (non-hydrogen) atoms. The maximum atomic E-state index is 13.2. The van der Waals surface area contributed by atoms with Crippen molar-refractivity contribution in [3.8, 4) is 11.4 Å². The molecule has 1 aliphatic carbocycles. The minimum absolute atomic E-state index is 0.0962. The van der Waals surface area contributed by atoms with Crippen molar-refractivity contribution in [3.63, 3.8) is 0 Å². The van der Waals surface area contributed by atoms with E-state index in [1.807, 2.05) is 25.2 Å². The number of carbonyl (C=O) groups is 1. The Morgan fingerprint density at radius 3 is 2.68 bits per heavy atom. The van der Waals surface area contributed by atoms with Crippen molar-refractivity contribution in [2.75, 3.05) is 13.6 Å². The van der Waals surface area contributed by atoms with Crippen LogP contribution in [0.3, 0.4) is 0 Å². The number of hydrogen-bond acceptors (Lipinski definition) is 4. The van der Waals surface area contributed by atoms with Gasteiger partial charge in [-0.05, 0) is 62.1 Å². The number of carbonyl (C=O) groups excluding carboxylic acids is 1. The molecule has 1 aliphatic rings. The lowest BCUT2D eigenvalue weighted by Crippen LogP contribution is -2.34. The molecule has 1 N–H and O–H groups in total. The van der Waals surface area contributed by atoms with Crippen LogP contribution in [0.15, 0.2) is 53.5 Å². The average Bonchev–Trinajstić information content (AvgIpc) is 3.01. The van der Waals surface area contributed by atoms with Crippen molar-refractivity contribution in [1.29, 1.82) is 0 Å². The fourth-order valence-corrected chi connectivity index (χ4v) is 4.02. The van der Waals surface area contributed by atoms with Crippen LogP contribution in [0, 0.1) is 11.7 Å². The van der Waals surface area contributed by atoms with Crippen LogP contribution in [-0.4, -0.2) is 39.4 Å². The SMILES string of the molecule is CN(CCc1ccccn1)C(=O)C1CCc2nc(-c3ccc(F)cc3)[nH]c(=O)c2CC1. The molecule has 0 spiro atoms. The molecule has 2 aromatic heterocycles. The minimum atomic E-state index is -0.339. The lowest BCUT2D eigenvalue weighted by molar-refractivity contribution is -0.134. The van der Waals surface area contributed by atoms with E-state index in [9.17, 15) is 14.0 Å². The van der Waals surface area contributed by atoms with Gasteiger partial charge in [0.05, 0.1) is 5.69 Å². The molecule has 0 fully saturated rings. The third kappa shape index (κ3) is 4.87. The Morgan fingerprint density at radius 2 is 1.94 bits per heavy atom. The summed E-state index contributed by atoms with van der Waals surface area (Å²) >= 11 is 0. The van der Waals surface area contributed by atoms with Crippen LogP contribution < -0.4 is 5.56 Å². The van der Waals surface area contributed by atoms with Gasteiger partial charge in [0, 0.05) is 48.9 Å². The normalized spacial score (nSPS) is 15.7. The van der Waals surface area contributed by atoms with Crippen LogP contribution in [-0.2, 0) is 24.1 Å². The monoisotopic (exact) mass is 420 g/mol. The summed E-state index contributed by atoms with van der Waals surface area (Å²) in [6.45, 7) is 0.604. The summed E-state index contributed by atoms with van der Waals surface area (Å²) in [6, 6.07) is 11.7. The predicted octanol–water partition coefficient (Wildman–Crippen LogP) is 3.17. The van der Waals surface area contributed by atoms with Gasteiger partial charge >= 0.3 is 0 Å². The highest BCUT2D eigenvalue weighted by Crippen LogP contribution is 2.25. The minimum Gasteiger partial charge on any atom is -0.345 e. The molecule has 1 unspecified atom stereocenters. The van der Waals surface area contributed by atoms with E-state index in [2.05, 4.69) is 15.0 Å². The first-order chi connectivity index (χ1) is 15.0. The van der Waals surface area contributed by atoms with Gasteiger partial charge < -0.3 is 9.88 Å². The number of aromatic amines is 1. The highest BCUT2D eigenvalue weighted by atomic mass is 19.1. The summed E-state index contributed by atoms with van der Waals surface area (Å²) in [7, 11) is 1.82. The lowest BCUT2D eigenvalue weighted by atomic mass is 9.98. The van der Waals surface area contributed by atoms with E-state index in [4.69, 9.17) is 0 Å². The molecule has 1 amide bonds. The van der Waals surface area contributed by atoms with Crippen LogP contribution >= 0.6 is 0 Å². The van der Waals surface area contributed by atoms with E-state index in [-0.39, 0.29) is 23.2 Å². The fourth-order valence-electron chi connectivity index (χ4n) is 4.02. The number of benzene rings is 1. The maximum absolute atomic E-state index is 13.2. The van der Waals surface area contributed by atoms with Crippen molar-refractivity contribution in [2.45, 2.75) is 32.1 Å². The summed E-state index contributed by atoms with van der Waals surface area (Å²) in [5.41, 5.74) is 2.82. The van der Waals surface area contributed by atoms with E-state index in [1.54, 1.807) is 23.2 Å². The van der Waals surface area contributed by atoms with Crippen LogP contribution in [0.25, 0.3) is 11.4 Å². The number of H-pyrrole nitrogens is 1. The van der Waals surface area contributed by atoms with E-state index < -0.39 is 0 Å². The highest BCUT2D eigenvalue weighted by Gasteiger charge is 2.27. The molecule has 160 valence electrons. The second-order valence-electron chi connectivity index (χ2n) is 7.95. The summed E-state index contributed by atoms with van der Waals surface area (Å²) in [6.07, 6.45) is 4.83. The van der Waals surface area contributed by atoms with Crippen molar-refractivity contribution in [1.82, 2.24) is 19.9 Å². The molecule has 0 saturated carbocycles. The van der Waals surface area contributed by atoms with Crippen LogP contribution in [0.5, 0.6) is 0 Å². The smallest absolute Gasteiger partial charge is 0.254 e. The van der Waals surface area contributed by atoms with Gasteiger partial charge in [-0.15, -0.1) is 0 Å². The molecule has 4 rings (SSSR count).